The summed E-state index contributed by atoms with van der Waals surface area (Å²) < 4.78 is 0. The monoisotopic (exact) mass is 525 g/mol. The van der Waals surface area contributed by atoms with Gasteiger partial charge in [0.1, 0.15) is 11.5 Å². The van der Waals surface area contributed by atoms with E-state index < -0.39 is 6.04 Å². The third kappa shape index (κ3) is 7.37. The van der Waals surface area contributed by atoms with Crippen LogP contribution in [0.25, 0.3) is 11.1 Å². The molecule has 1 heterocycles. The molecule has 6 heteroatoms. The van der Waals surface area contributed by atoms with Gasteiger partial charge in [-0.05, 0) is 67.0 Å². The third-order valence-corrected chi connectivity index (χ3v) is 7.32. The number of allylic oxidation sites excluding steroid dienone is 2. The van der Waals surface area contributed by atoms with Crippen LogP contribution < -0.4 is 11.1 Å². The Hall–Kier alpha value is -3.87. The summed E-state index contributed by atoms with van der Waals surface area (Å²) >= 11 is 0. The van der Waals surface area contributed by atoms with Gasteiger partial charge < -0.3 is 21.3 Å². The van der Waals surface area contributed by atoms with Crippen molar-refractivity contribution in [1.29, 1.82) is 0 Å². The van der Waals surface area contributed by atoms with Gasteiger partial charge in [0.05, 0.1) is 6.04 Å². The van der Waals surface area contributed by atoms with Gasteiger partial charge in [-0.25, -0.2) is 0 Å². The van der Waals surface area contributed by atoms with Crippen LogP contribution in [-0.4, -0.2) is 46.2 Å². The predicted molar refractivity (Wildman–Crippen MR) is 158 cm³/mol. The van der Waals surface area contributed by atoms with Gasteiger partial charge in [-0.2, -0.15) is 0 Å². The van der Waals surface area contributed by atoms with E-state index in [2.05, 4.69) is 23.4 Å². The lowest BCUT2D eigenvalue weighted by Gasteiger charge is -2.33. The molecule has 1 aliphatic rings. The summed E-state index contributed by atoms with van der Waals surface area (Å²) in [5.41, 5.74) is 11.3. The highest BCUT2D eigenvalue weighted by molar-refractivity contribution is 5.82. The summed E-state index contributed by atoms with van der Waals surface area (Å²) in [6, 6.07) is 18.7. The van der Waals surface area contributed by atoms with Crippen molar-refractivity contribution in [2.24, 2.45) is 5.73 Å². The van der Waals surface area contributed by atoms with Gasteiger partial charge in [0.15, 0.2) is 0 Å². The first-order valence-electron chi connectivity index (χ1n) is 13.6. The molecule has 1 atom stereocenters. The number of nitrogens with zero attached hydrogens (tertiary/aromatic N) is 1. The van der Waals surface area contributed by atoms with Gasteiger partial charge >= 0.3 is 0 Å². The number of carbonyl (C=O) groups excluding carboxylic acids is 1. The minimum absolute atomic E-state index is 0.0800. The first-order valence-corrected chi connectivity index (χ1v) is 13.6. The van der Waals surface area contributed by atoms with Gasteiger partial charge in [0.25, 0.3) is 0 Å². The molecule has 0 aliphatic carbocycles. The molecular weight excluding hydrogens is 486 g/mol. The average Bonchev–Trinajstić information content (AvgIpc) is 2.93. The number of phenolic OH excluding ortho intramolecular Hbond substituents is 2. The van der Waals surface area contributed by atoms with Crippen LogP contribution in [0.2, 0.25) is 0 Å². The molecule has 0 aromatic heterocycles. The Kier molecular flexibility index (Phi) is 9.58. The Balaban J connectivity index is 1.42. The zero-order chi connectivity index (χ0) is 27.8. The van der Waals surface area contributed by atoms with Crippen molar-refractivity contribution in [2.75, 3.05) is 13.1 Å². The molecule has 204 valence electrons. The molecule has 1 saturated heterocycles. The van der Waals surface area contributed by atoms with Crippen LogP contribution in [0.3, 0.4) is 0 Å². The number of amides is 1. The van der Waals surface area contributed by atoms with E-state index in [1.165, 1.54) is 0 Å². The van der Waals surface area contributed by atoms with Crippen LogP contribution in [0.4, 0.5) is 0 Å². The molecule has 1 amide bonds. The molecule has 1 aliphatic heterocycles. The molecule has 5 N–H and O–H groups in total. The lowest BCUT2D eigenvalue weighted by Crippen LogP contribution is -2.50. The van der Waals surface area contributed by atoms with Crippen molar-refractivity contribution in [1.82, 2.24) is 10.2 Å². The van der Waals surface area contributed by atoms with Crippen molar-refractivity contribution < 1.29 is 15.0 Å². The Morgan fingerprint density at radius 1 is 0.949 bits per heavy atom. The zero-order valence-electron chi connectivity index (χ0n) is 22.5. The number of benzene rings is 3. The van der Waals surface area contributed by atoms with Gasteiger partial charge in [-0.3, -0.25) is 9.69 Å². The van der Waals surface area contributed by atoms with Gasteiger partial charge in [0, 0.05) is 42.4 Å². The van der Waals surface area contributed by atoms with E-state index in [-0.39, 0.29) is 23.4 Å². The normalized spacial score (nSPS) is 15.0. The van der Waals surface area contributed by atoms with E-state index in [1.807, 2.05) is 66.7 Å². The third-order valence-electron chi connectivity index (χ3n) is 7.32. The maximum atomic E-state index is 12.7. The van der Waals surface area contributed by atoms with Crippen LogP contribution in [0.1, 0.15) is 35.1 Å². The quantitative estimate of drug-likeness (QED) is 0.268. The van der Waals surface area contributed by atoms with Crippen LogP contribution in [0.15, 0.2) is 86.0 Å². The second kappa shape index (κ2) is 13.3. The first kappa shape index (κ1) is 28.1. The lowest BCUT2D eigenvalue weighted by molar-refractivity contribution is -0.123. The topological polar surface area (TPSA) is 98.8 Å². The van der Waals surface area contributed by atoms with E-state index in [0.717, 1.165) is 48.2 Å². The number of aromatic hydroxyl groups is 2. The maximum Gasteiger partial charge on any atom is 0.237 e. The van der Waals surface area contributed by atoms with Crippen molar-refractivity contribution >= 4 is 5.91 Å². The molecule has 0 radical (unpaired) electrons. The molecule has 1 fully saturated rings. The van der Waals surface area contributed by atoms with Gasteiger partial charge in [-0.15, -0.1) is 13.2 Å². The van der Waals surface area contributed by atoms with Crippen LogP contribution in [0, 0.1) is 0 Å². The molecule has 0 spiro atoms. The molecule has 3 aromatic carbocycles. The fraction of sp³-hybridized carbons (Fsp3) is 0.303. The van der Waals surface area contributed by atoms with Crippen molar-refractivity contribution in [3.63, 3.8) is 0 Å². The molecule has 39 heavy (non-hydrogen) atoms. The number of carbonyl (C=O) groups is 1. The Labute approximate surface area is 231 Å². The van der Waals surface area contributed by atoms with E-state index >= 15 is 0 Å². The number of hydrogen-bond donors (Lipinski definition) is 4. The number of phenols is 2. The summed E-state index contributed by atoms with van der Waals surface area (Å²) in [5, 5.41) is 25.1. The predicted octanol–water partition coefficient (Wildman–Crippen LogP) is 4.87. The molecular formula is C33H39N3O3. The average molecular weight is 526 g/mol. The van der Waals surface area contributed by atoms with Crippen LogP contribution >= 0.6 is 0 Å². The maximum absolute atomic E-state index is 12.7. The Bertz CT molecular complexity index is 1300. The number of rotatable bonds is 11. The number of piperidine rings is 1. The molecule has 3 aromatic rings. The van der Waals surface area contributed by atoms with Crippen LogP contribution in [0.5, 0.6) is 11.5 Å². The van der Waals surface area contributed by atoms with Crippen molar-refractivity contribution in [3.8, 4) is 22.6 Å². The summed E-state index contributed by atoms with van der Waals surface area (Å²) in [7, 11) is 0. The molecule has 4 rings (SSSR count). The second-order valence-corrected chi connectivity index (χ2v) is 10.3. The lowest BCUT2D eigenvalue weighted by atomic mass is 9.94. The Morgan fingerprint density at radius 3 is 2.31 bits per heavy atom. The summed E-state index contributed by atoms with van der Waals surface area (Å²) in [5.74, 6) is 0.188. The smallest absolute Gasteiger partial charge is 0.237 e. The molecule has 6 nitrogen and oxygen atoms in total. The van der Waals surface area contributed by atoms with Gasteiger partial charge in [-0.1, -0.05) is 54.6 Å². The highest BCUT2D eigenvalue weighted by Gasteiger charge is 2.24. The molecule has 0 unspecified atom stereocenters. The standard InChI is InChI=1S/C33H39N3O3/c1-3-8-23-12-13-31(37)28(19-23)29-20-25(9-4-2)18-26(32(29)38)22-36-16-14-27(15-17-36)35-33(39)30(34)21-24-10-6-5-7-11-24/h3-7,10-13,18-20,27,30,37-38H,1-2,8-9,14-17,21-22,34H2,(H,35,39)/t30-/m1/s1. The fourth-order valence-electron chi connectivity index (χ4n) is 5.21. The number of nitrogens with two attached hydrogens (primary N) is 1. The largest absolute Gasteiger partial charge is 0.507 e. The highest BCUT2D eigenvalue weighted by Crippen LogP contribution is 2.39. The minimum Gasteiger partial charge on any atom is -0.507 e. The second-order valence-electron chi connectivity index (χ2n) is 10.3. The molecule has 0 saturated carbocycles. The summed E-state index contributed by atoms with van der Waals surface area (Å²) in [6.45, 7) is 9.83. The number of likely N-dealkylation sites (tertiary alicyclic amines) is 1. The Morgan fingerprint density at radius 2 is 1.62 bits per heavy atom. The minimum atomic E-state index is -0.574. The highest BCUT2D eigenvalue weighted by atomic mass is 16.3. The SMILES string of the molecule is C=CCc1ccc(O)c(-c2cc(CC=C)cc(CN3CCC(NC(=O)[C@H](N)Cc4ccccc4)CC3)c2O)c1. The van der Waals surface area contributed by atoms with Gasteiger partial charge in [0.2, 0.25) is 5.91 Å². The van der Waals surface area contributed by atoms with Crippen molar-refractivity contribution in [2.45, 2.75) is 50.7 Å². The molecule has 0 bridgehead atoms. The summed E-state index contributed by atoms with van der Waals surface area (Å²) in [4.78, 5) is 15.0. The fourth-order valence-corrected chi connectivity index (χ4v) is 5.21. The van der Waals surface area contributed by atoms with Crippen molar-refractivity contribution in [3.05, 3.63) is 108 Å². The van der Waals surface area contributed by atoms with Crippen LogP contribution in [-0.2, 0) is 30.6 Å². The zero-order valence-corrected chi connectivity index (χ0v) is 22.5. The number of hydrogen-bond acceptors (Lipinski definition) is 5. The van der Waals surface area contributed by atoms with E-state index in [1.54, 1.807) is 6.07 Å². The number of nitrogens with one attached hydrogen (secondary N) is 1. The summed E-state index contributed by atoms with van der Waals surface area (Å²) in [6.07, 6.45) is 7.13. The van der Waals surface area contributed by atoms with E-state index in [0.29, 0.717) is 36.9 Å². The van der Waals surface area contributed by atoms with E-state index in [9.17, 15) is 15.0 Å². The first-order chi connectivity index (χ1) is 18.9. The van der Waals surface area contributed by atoms with E-state index in [4.69, 9.17) is 5.73 Å².